The quantitative estimate of drug-likeness (QED) is 0.410. The van der Waals surface area contributed by atoms with Gasteiger partial charge in [-0.15, -0.1) is 0 Å². The predicted molar refractivity (Wildman–Crippen MR) is 139 cm³/mol. The van der Waals surface area contributed by atoms with Gasteiger partial charge in [0.25, 0.3) is 5.91 Å². The van der Waals surface area contributed by atoms with Crippen molar-refractivity contribution in [3.05, 3.63) is 68.8 Å². The molecule has 1 aliphatic heterocycles. The lowest BCUT2D eigenvalue weighted by Gasteiger charge is -2.26. The van der Waals surface area contributed by atoms with E-state index in [1.807, 2.05) is 17.1 Å². The maximum atomic E-state index is 13.5. The zero-order valence-corrected chi connectivity index (χ0v) is 21.6. The molecule has 2 amide bonds. The highest BCUT2D eigenvalue weighted by Crippen LogP contribution is 2.34. The summed E-state index contributed by atoms with van der Waals surface area (Å²) in [6.45, 7) is 3.46. The van der Waals surface area contributed by atoms with Crippen LogP contribution in [0.2, 0.25) is 15.1 Å². The summed E-state index contributed by atoms with van der Waals surface area (Å²) in [5.41, 5.74) is 5.73. The first-order valence-corrected chi connectivity index (χ1v) is 12.7. The van der Waals surface area contributed by atoms with Gasteiger partial charge in [0.1, 0.15) is 0 Å². The molecule has 2 heterocycles. The van der Waals surface area contributed by atoms with Crippen molar-refractivity contribution in [2.24, 2.45) is 0 Å². The Morgan fingerprint density at radius 1 is 0.971 bits per heavy atom. The molecule has 10 heteroatoms. The average Bonchev–Trinajstić information content (AvgIpc) is 3.23. The molecule has 4 rings (SSSR count). The first-order valence-electron chi connectivity index (χ1n) is 11.5. The second-order valence-electron chi connectivity index (χ2n) is 8.31. The lowest BCUT2D eigenvalue weighted by Crippen LogP contribution is -2.45. The molecule has 184 valence electrons. The number of hydrazine groups is 1. The van der Waals surface area contributed by atoms with E-state index >= 15 is 0 Å². The summed E-state index contributed by atoms with van der Waals surface area (Å²) in [5.74, 6) is -0.474. The van der Waals surface area contributed by atoms with Crippen molar-refractivity contribution < 1.29 is 9.59 Å². The lowest BCUT2D eigenvalue weighted by atomic mass is 10.0. The fourth-order valence-corrected chi connectivity index (χ4v) is 4.66. The Bertz CT molecular complexity index is 1220. The van der Waals surface area contributed by atoms with E-state index in [4.69, 9.17) is 39.9 Å². The Morgan fingerprint density at radius 3 is 2.31 bits per heavy atom. The van der Waals surface area contributed by atoms with E-state index in [2.05, 4.69) is 10.7 Å². The van der Waals surface area contributed by atoms with Gasteiger partial charge in [-0.25, -0.2) is 9.69 Å². The molecule has 2 N–H and O–H groups in total. The summed E-state index contributed by atoms with van der Waals surface area (Å²) >= 11 is 18.8. The van der Waals surface area contributed by atoms with Crippen molar-refractivity contribution in [2.75, 3.05) is 13.1 Å². The fourth-order valence-electron chi connectivity index (χ4n) is 4.05. The number of nitrogens with zero attached hydrogens (tertiary/aromatic N) is 3. The fraction of sp³-hybridized carbons (Fsp3) is 0.320. The number of hydrogen-bond donors (Lipinski definition) is 2. The van der Waals surface area contributed by atoms with Crippen LogP contribution < -0.4 is 10.7 Å². The molecule has 1 aromatic heterocycles. The molecule has 0 radical (unpaired) electrons. The van der Waals surface area contributed by atoms with Crippen LogP contribution in [0.1, 0.15) is 48.7 Å². The Kier molecular flexibility index (Phi) is 8.34. The van der Waals surface area contributed by atoms with Crippen molar-refractivity contribution in [3.8, 4) is 16.9 Å². The zero-order valence-electron chi connectivity index (χ0n) is 19.3. The minimum absolute atomic E-state index is 0.124. The van der Waals surface area contributed by atoms with E-state index in [1.54, 1.807) is 41.9 Å². The van der Waals surface area contributed by atoms with Crippen molar-refractivity contribution in [3.63, 3.8) is 0 Å². The first kappa shape index (κ1) is 25.5. The van der Waals surface area contributed by atoms with E-state index in [0.717, 1.165) is 37.9 Å². The molecular weight excluding hydrogens is 509 g/mol. The van der Waals surface area contributed by atoms with Crippen molar-refractivity contribution in [1.82, 2.24) is 25.5 Å². The molecule has 2 aromatic carbocycles. The Morgan fingerprint density at radius 2 is 1.66 bits per heavy atom. The normalized spacial score (nSPS) is 14.1. The average molecular weight is 535 g/mol. The molecule has 0 spiro atoms. The second kappa shape index (κ2) is 11.4. The van der Waals surface area contributed by atoms with Gasteiger partial charge >= 0.3 is 0 Å². The van der Waals surface area contributed by atoms with Gasteiger partial charge in [-0.3, -0.25) is 15.0 Å². The summed E-state index contributed by atoms with van der Waals surface area (Å²) in [6, 6.07) is 12.3. The van der Waals surface area contributed by atoms with Gasteiger partial charge in [0, 0.05) is 47.2 Å². The highest BCUT2D eigenvalue weighted by molar-refractivity contribution is 6.35. The molecule has 0 bridgehead atoms. The van der Waals surface area contributed by atoms with Crippen LogP contribution in [0, 0.1) is 0 Å². The SMILES string of the molecule is CCC(=O)NCc1c(C(=O)NN2CCCCC2)nn(-c2ccc(Cl)cc2Cl)c1-c1ccc(Cl)cc1. The third-order valence-corrected chi connectivity index (χ3v) is 6.64. The van der Waals surface area contributed by atoms with Gasteiger partial charge in [-0.1, -0.05) is 60.3 Å². The summed E-state index contributed by atoms with van der Waals surface area (Å²) < 4.78 is 1.63. The third kappa shape index (κ3) is 5.98. The van der Waals surface area contributed by atoms with Crippen molar-refractivity contribution in [1.29, 1.82) is 0 Å². The van der Waals surface area contributed by atoms with Crippen LogP contribution in [0.25, 0.3) is 16.9 Å². The Balaban J connectivity index is 1.87. The molecule has 0 atom stereocenters. The van der Waals surface area contributed by atoms with E-state index in [0.29, 0.717) is 38.4 Å². The number of hydrogen-bond acceptors (Lipinski definition) is 4. The van der Waals surface area contributed by atoms with Gasteiger partial charge in [-0.05, 0) is 43.2 Å². The van der Waals surface area contributed by atoms with Gasteiger partial charge in [0.05, 0.1) is 16.4 Å². The van der Waals surface area contributed by atoms with Crippen LogP contribution >= 0.6 is 34.8 Å². The maximum absolute atomic E-state index is 13.5. The van der Waals surface area contributed by atoms with E-state index in [-0.39, 0.29) is 24.1 Å². The molecular formula is C25H26Cl3N5O2. The van der Waals surface area contributed by atoms with E-state index in [1.165, 1.54) is 0 Å². The van der Waals surface area contributed by atoms with Crippen molar-refractivity contribution >= 4 is 46.6 Å². The summed E-state index contributed by atoms with van der Waals surface area (Å²) in [5, 5.41) is 10.9. The number of carbonyl (C=O) groups is 2. The summed E-state index contributed by atoms with van der Waals surface area (Å²) in [4.78, 5) is 25.6. The first-order chi connectivity index (χ1) is 16.9. The second-order valence-corrected chi connectivity index (χ2v) is 9.59. The Labute approximate surface area is 219 Å². The van der Waals surface area contributed by atoms with Crippen LogP contribution in [0.5, 0.6) is 0 Å². The molecule has 1 saturated heterocycles. The molecule has 0 saturated carbocycles. The summed E-state index contributed by atoms with van der Waals surface area (Å²) in [7, 11) is 0. The standard InChI is InChI=1S/C25H26Cl3N5O2/c1-2-22(34)29-15-19-23(25(35)31-32-12-4-3-5-13-32)30-33(21-11-10-18(27)14-20(21)28)24(19)16-6-8-17(26)9-7-16/h6-11,14H,2-5,12-13,15H2,1H3,(H,29,34)(H,31,35). The van der Waals surface area contributed by atoms with Gasteiger partial charge < -0.3 is 5.32 Å². The molecule has 3 aromatic rings. The highest BCUT2D eigenvalue weighted by atomic mass is 35.5. The third-order valence-electron chi connectivity index (χ3n) is 5.85. The highest BCUT2D eigenvalue weighted by Gasteiger charge is 2.27. The van der Waals surface area contributed by atoms with Gasteiger partial charge in [0.2, 0.25) is 5.91 Å². The number of amides is 2. The molecule has 7 nitrogen and oxygen atoms in total. The number of carbonyl (C=O) groups excluding carboxylic acids is 2. The molecule has 1 aliphatic rings. The lowest BCUT2D eigenvalue weighted by molar-refractivity contribution is -0.120. The number of rotatable bonds is 7. The minimum atomic E-state index is -0.341. The monoisotopic (exact) mass is 533 g/mol. The topological polar surface area (TPSA) is 79.3 Å². The van der Waals surface area contributed by atoms with Crippen molar-refractivity contribution in [2.45, 2.75) is 39.2 Å². The van der Waals surface area contributed by atoms with E-state index < -0.39 is 0 Å². The zero-order chi connectivity index (χ0) is 24.9. The van der Waals surface area contributed by atoms with Crippen LogP contribution in [0.4, 0.5) is 0 Å². The number of piperidine rings is 1. The number of nitrogens with one attached hydrogen (secondary N) is 2. The largest absolute Gasteiger partial charge is 0.352 e. The summed E-state index contributed by atoms with van der Waals surface area (Å²) in [6.07, 6.45) is 3.50. The Hall–Kier alpha value is -2.58. The smallest absolute Gasteiger partial charge is 0.286 e. The van der Waals surface area contributed by atoms with Gasteiger partial charge in [-0.2, -0.15) is 5.10 Å². The van der Waals surface area contributed by atoms with Crippen LogP contribution in [-0.2, 0) is 11.3 Å². The number of aromatic nitrogens is 2. The molecule has 0 aliphatic carbocycles. The predicted octanol–water partition coefficient (Wildman–Crippen LogP) is 5.66. The van der Waals surface area contributed by atoms with Crippen LogP contribution in [0.3, 0.4) is 0 Å². The van der Waals surface area contributed by atoms with E-state index in [9.17, 15) is 9.59 Å². The number of halogens is 3. The molecule has 1 fully saturated rings. The maximum Gasteiger partial charge on any atom is 0.286 e. The van der Waals surface area contributed by atoms with Crippen LogP contribution in [0.15, 0.2) is 42.5 Å². The van der Waals surface area contributed by atoms with Crippen LogP contribution in [-0.4, -0.2) is 39.7 Å². The number of benzene rings is 2. The minimum Gasteiger partial charge on any atom is -0.352 e. The molecule has 0 unspecified atom stereocenters. The van der Waals surface area contributed by atoms with Gasteiger partial charge in [0.15, 0.2) is 5.69 Å². The molecule has 35 heavy (non-hydrogen) atoms.